The highest BCUT2D eigenvalue weighted by Crippen LogP contribution is 2.43. The third-order valence-corrected chi connectivity index (χ3v) is 8.04. The van der Waals surface area contributed by atoms with Crippen LogP contribution in [0.15, 0.2) is 35.1 Å². The molecule has 1 fully saturated rings. The summed E-state index contributed by atoms with van der Waals surface area (Å²) in [7, 11) is 0. The Kier molecular flexibility index (Phi) is 7.96. The fraction of sp³-hybridized carbons (Fsp3) is 0.760. The van der Waals surface area contributed by atoms with Crippen LogP contribution in [0.2, 0.25) is 0 Å². The van der Waals surface area contributed by atoms with Gasteiger partial charge in [-0.1, -0.05) is 31.4 Å². The van der Waals surface area contributed by atoms with E-state index in [0.29, 0.717) is 17.5 Å². The first-order valence-electron chi connectivity index (χ1n) is 12.2. The van der Waals surface area contributed by atoms with Crippen molar-refractivity contribution in [1.29, 1.82) is 0 Å². The fourth-order valence-electron chi connectivity index (χ4n) is 5.73. The molecular weight excluding hydrogens is 394 g/mol. The second-order valence-electron chi connectivity index (χ2n) is 9.95. The van der Waals surface area contributed by atoms with Crippen molar-refractivity contribution in [2.75, 3.05) is 13.1 Å². The number of halogens is 1. The molecule has 1 heterocycles. The maximum Gasteiger partial charge on any atom is 0.108 e. The maximum atomic E-state index is 11.1. The Balaban J connectivity index is 1.42. The van der Waals surface area contributed by atoms with Gasteiger partial charge in [0.1, 0.15) is 6.23 Å². The van der Waals surface area contributed by atoms with Gasteiger partial charge in [0.15, 0.2) is 0 Å². The van der Waals surface area contributed by atoms with E-state index in [0.717, 1.165) is 51.1 Å². The molecule has 30 heavy (non-hydrogen) atoms. The van der Waals surface area contributed by atoms with E-state index in [2.05, 4.69) is 41.2 Å². The van der Waals surface area contributed by atoms with Gasteiger partial charge < -0.3 is 10.4 Å². The molecular formula is C25H40ClN3O. The van der Waals surface area contributed by atoms with Crippen LogP contribution in [0.1, 0.15) is 71.1 Å². The number of rotatable bonds is 6. The minimum atomic E-state index is -0.454. The third-order valence-electron chi connectivity index (χ3n) is 7.64. The van der Waals surface area contributed by atoms with E-state index >= 15 is 0 Å². The second kappa shape index (κ2) is 10.7. The van der Waals surface area contributed by atoms with Crippen LogP contribution in [0.5, 0.6) is 0 Å². The van der Waals surface area contributed by atoms with Gasteiger partial charge in [0.05, 0.1) is 6.17 Å². The van der Waals surface area contributed by atoms with Crippen molar-refractivity contribution in [2.45, 2.75) is 88.9 Å². The Morgan fingerprint density at radius 2 is 2.03 bits per heavy atom. The maximum absolute atomic E-state index is 11.1. The van der Waals surface area contributed by atoms with Gasteiger partial charge in [0, 0.05) is 24.4 Å². The molecule has 0 aromatic rings. The molecule has 1 saturated carbocycles. The van der Waals surface area contributed by atoms with E-state index in [9.17, 15) is 5.11 Å². The molecule has 168 valence electrons. The van der Waals surface area contributed by atoms with Gasteiger partial charge in [-0.2, -0.15) is 0 Å². The summed E-state index contributed by atoms with van der Waals surface area (Å²) in [4.78, 5) is 0. The molecule has 5 heteroatoms. The van der Waals surface area contributed by atoms with Crippen molar-refractivity contribution in [3.05, 3.63) is 35.1 Å². The average Bonchev–Trinajstić information content (AvgIpc) is 2.79. The fourth-order valence-corrected chi connectivity index (χ4v) is 5.92. The highest BCUT2D eigenvalue weighted by Gasteiger charge is 2.33. The van der Waals surface area contributed by atoms with Crippen LogP contribution >= 0.6 is 11.6 Å². The zero-order valence-corrected chi connectivity index (χ0v) is 19.3. The molecule has 0 amide bonds. The molecule has 0 spiro atoms. The summed E-state index contributed by atoms with van der Waals surface area (Å²) in [6.45, 7) is 3.72. The highest BCUT2D eigenvalue weighted by molar-refractivity contribution is 6.20. The molecule has 0 saturated heterocycles. The number of hydrogen-bond acceptors (Lipinski definition) is 4. The van der Waals surface area contributed by atoms with Gasteiger partial charge in [0.25, 0.3) is 0 Å². The second-order valence-corrected chi connectivity index (χ2v) is 10.6. The van der Waals surface area contributed by atoms with E-state index in [4.69, 9.17) is 11.6 Å². The predicted octanol–water partition coefficient (Wildman–Crippen LogP) is 4.57. The van der Waals surface area contributed by atoms with Crippen LogP contribution in [0.25, 0.3) is 0 Å². The van der Waals surface area contributed by atoms with Gasteiger partial charge in [-0.15, -0.1) is 11.6 Å². The molecule has 5 atom stereocenters. The van der Waals surface area contributed by atoms with Gasteiger partial charge in [0.2, 0.25) is 0 Å². The minimum Gasteiger partial charge on any atom is -0.378 e. The first kappa shape index (κ1) is 22.4. The zero-order valence-electron chi connectivity index (χ0n) is 18.5. The molecule has 4 aliphatic rings. The smallest absolute Gasteiger partial charge is 0.108 e. The van der Waals surface area contributed by atoms with Gasteiger partial charge in [-0.3, -0.25) is 10.6 Å². The van der Waals surface area contributed by atoms with E-state index in [-0.39, 0.29) is 5.92 Å². The van der Waals surface area contributed by atoms with Crippen LogP contribution in [-0.2, 0) is 0 Å². The van der Waals surface area contributed by atoms with Gasteiger partial charge in [-0.05, 0) is 86.6 Å². The Morgan fingerprint density at radius 1 is 1.20 bits per heavy atom. The van der Waals surface area contributed by atoms with E-state index < -0.39 is 6.23 Å². The summed E-state index contributed by atoms with van der Waals surface area (Å²) in [5.41, 5.74) is 4.27. The van der Waals surface area contributed by atoms with Crippen LogP contribution in [0.3, 0.4) is 0 Å². The lowest BCUT2D eigenvalue weighted by Crippen LogP contribution is -2.46. The van der Waals surface area contributed by atoms with E-state index in [1.54, 1.807) is 0 Å². The van der Waals surface area contributed by atoms with Gasteiger partial charge >= 0.3 is 0 Å². The Hall–Kier alpha value is -0.810. The number of hydrogen-bond donors (Lipinski definition) is 4. The van der Waals surface area contributed by atoms with Crippen molar-refractivity contribution >= 4 is 11.6 Å². The molecule has 0 bridgehead atoms. The van der Waals surface area contributed by atoms with E-state index in [1.165, 1.54) is 48.8 Å². The topological polar surface area (TPSA) is 56.3 Å². The molecule has 4 rings (SSSR count). The average molecular weight is 434 g/mol. The lowest BCUT2D eigenvalue weighted by Gasteiger charge is -2.38. The van der Waals surface area contributed by atoms with Crippen molar-refractivity contribution in [3.8, 4) is 0 Å². The predicted molar refractivity (Wildman–Crippen MR) is 125 cm³/mol. The van der Waals surface area contributed by atoms with Gasteiger partial charge in [-0.25, -0.2) is 0 Å². The number of alkyl halides is 1. The normalized spacial score (nSPS) is 34.4. The summed E-state index contributed by atoms with van der Waals surface area (Å²) in [6, 6.07) is 0. The van der Waals surface area contributed by atoms with Crippen molar-refractivity contribution in [2.24, 2.45) is 17.8 Å². The lowest BCUT2D eigenvalue weighted by molar-refractivity contribution is 0.0559. The van der Waals surface area contributed by atoms with Crippen molar-refractivity contribution in [1.82, 2.24) is 16.0 Å². The Labute approximate surface area is 187 Å². The molecule has 0 radical (unpaired) electrons. The summed E-state index contributed by atoms with van der Waals surface area (Å²) >= 11 is 6.34. The van der Waals surface area contributed by atoms with Crippen LogP contribution in [-0.4, -0.2) is 36.0 Å². The first-order chi connectivity index (χ1) is 14.6. The Bertz CT molecular complexity index is 667. The Morgan fingerprint density at radius 3 is 2.73 bits per heavy atom. The lowest BCUT2D eigenvalue weighted by atomic mass is 9.69. The third kappa shape index (κ3) is 5.91. The first-order valence-corrected chi connectivity index (χ1v) is 12.6. The molecule has 5 unspecified atom stereocenters. The summed E-state index contributed by atoms with van der Waals surface area (Å²) in [6.07, 6.45) is 19.0. The highest BCUT2D eigenvalue weighted by atomic mass is 35.5. The minimum absolute atomic E-state index is 0.288. The molecule has 4 N–H and O–H groups in total. The SMILES string of the molecule is CC1NC=C(CNC(O)C2CC(C3=CCC(Cl)CC3)=CC(C3CCCCC3)C2)CN1. The summed E-state index contributed by atoms with van der Waals surface area (Å²) in [5, 5.41) is 21.5. The van der Waals surface area contributed by atoms with E-state index in [1.807, 2.05) is 0 Å². The molecule has 0 aromatic carbocycles. The quantitative estimate of drug-likeness (QED) is 0.366. The number of allylic oxidation sites excluding steroid dienone is 4. The number of nitrogens with one attached hydrogen (secondary N) is 3. The van der Waals surface area contributed by atoms with Crippen LogP contribution in [0.4, 0.5) is 0 Å². The van der Waals surface area contributed by atoms with Crippen LogP contribution in [0, 0.1) is 17.8 Å². The summed E-state index contributed by atoms with van der Waals surface area (Å²) < 4.78 is 0. The van der Waals surface area contributed by atoms with Crippen molar-refractivity contribution in [3.63, 3.8) is 0 Å². The standard InChI is InChI=1S/C25H40ClN3O/c1-17-27-14-18(15-28-17)16-29-25(30)23-12-21(19-5-3-2-4-6-19)11-22(13-23)20-7-9-24(26)10-8-20/h7,11,14,17,19,21,23-25,27-30H,2-6,8-10,12-13,15-16H2,1H3. The van der Waals surface area contributed by atoms with Crippen molar-refractivity contribution < 1.29 is 5.11 Å². The molecule has 3 aliphatic carbocycles. The molecule has 1 aliphatic heterocycles. The molecule has 0 aromatic heterocycles. The van der Waals surface area contributed by atoms with Crippen LogP contribution < -0.4 is 16.0 Å². The molecule has 4 nitrogen and oxygen atoms in total. The zero-order chi connectivity index (χ0) is 20.9. The monoisotopic (exact) mass is 433 g/mol. The number of aliphatic hydroxyl groups excluding tert-OH is 1. The summed E-state index contributed by atoms with van der Waals surface area (Å²) in [5.74, 6) is 1.70. The number of aliphatic hydroxyl groups is 1. The largest absolute Gasteiger partial charge is 0.378 e.